The molecule has 0 radical (unpaired) electrons. The Labute approximate surface area is 302 Å². The second-order valence-corrected chi connectivity index (χ2v) is 13.3. The highest BCUT2D eigenvalue weighted by molar-refractivity contribution is 6.06. The lowest BCUT2D eigenvalue weighted by Gasteiger charge is -2.28. The van der Waals surface area contributed by atoms with E-state index >= 15 is 0 Å². The first-order chi connectivity index (χ1) is 25.8. The molecule has 10 aromatic rings. The molecule has 244 valence electrons. The summed E-state index contributed by atoms with van der Waals surface area (Å²) in [5.41, 5.74) is 12.0. The molecule has 0 aliphatic rings. The van der Waals surface area contributed by atoms with Crippen LogP contribution in [0, 0.1) is 0 Å². The van der Waals surface area contributed by atoms with Crippen molar-refractivity contribution < 1.29 is 4.42 Å². The largest absolute Gasteiger partial charge is 0.456 e. The van der Waals surface area contributed by atoms with E-state index in [1.165, 1.54) is 43.8 Å². The number of hydrogen-bond acceptors (Lipinski definition) is 2. The van der Waals surface area contributed by atoms with Crippen molar-refractivity contribution in [3.63, 3.8) is 0 Å². The van der Waals surface area contributed by atoms with Crippen molar-refractivity contribution in [1.29, 1.82) is 0 Å². The van der Waals surface area contributed by atoms with Crippen molar-refractivity contribution in [1.82, 2.24) is 0 Å². The van der Waals surface area contributed by atoms with E-state index in [0.717, 1.165) is 50.1 Å². The van der Waals surface area contributed by atoms with Crippen LogP contribution >= 0.6 is 0 Å². The second kappa shape index (κ2) is 12.5. The summed E-state index contributed by atoms with van der Waals surface area (Å²) >= 11 is 0. The minimum atomic E-state index is 0.887. The molecule has 0 unspecified atom stereocenters. The summed E-state index contributed by atoms with van der Waals surface area (Å²) in [6, 6.07) is 71.8. The fourth-order valence-electron chi connectivity index (χ4n) is 7.69. The molecule has 0 N–H and O–H groups in total. The molecule has 0 saturated heterocycles. The highest BCUT2D eigenvalue weighted by Crippen LogP contribution is 2.44. The van der Waals surface area contributed by atoms with E-state index in [2.05, 4.69) is 193 Å². The Morgan fingerprint density at radius 3 is 1.85 bits per heavy atom. The Morgan fingerprint density at radius 2 is 0.942 bits per heavy atom. The summed E-state index contributed by atoms with van der Waals surface area (Å²) in [4.78, 5) is 2.38. The lowest BCUT2D eigenvalue weighted by Crippen LogP contribution is -2.11. The number of nitrogens with zero attached hydrogens (tertiary/aromatic N) is 1. The first kappa shape index (κ1) is 30.0. The number of para-hydroxylation sites is 2. The van der Waals surface area contributed by atoms with Gasteiger partial charge in [0.05, 0.1) is 5.69 Å². The van der Waals surface area contributed by atoms with E-state index in [9.17, 15) is 0 Å². The maximum absolute atomic E-state index is 6.35. The van der Waals surface area contributed by atoms with Gasteiger partial charge in [-0.3, -0.25) is 0 Å². The van der Waals surface area contributed by atoms with Crippen molar-refractivity contribution in [2.45, 2.75) is 0 Å². The van der Waals surface area contributed by atoms with Crippen molar-refractivity contribution in [2.75, 3.05) is 4.90 Å². The van der Waals surface area contributed by atoms with Crippen LogP contribution in [0.2, 0.25) is 0 Å². The molecule has 0 saturated carbocycles. The quantitative estimate of drug-likeness (QED) is 0.176. The van der Waals surface area contributed by atoms with Crippen LogP contribution in [0.5, 0.6) is 0 Å². The van der Waals surface area contributed by atoms with Crippen LogP contribution in [0.15, 0.2) is 205 Å². The van der Waals surface area contributed by atoms with Gasteiger partial charge >= 0.3 is 0 Å². The monoisotopic (exact) mass is 663 g/mol. The molecule has 0 aliphatic heterocycles. The first-order valence-electron chi connectivity index (χ1n) is 17.8. The summed E-state index contributed by atoms with van der Waals surface area (Å²) in [5, 5.41) is 7.23. The average molecular weight is 664 g/mol. The molecular weight excluding hydrogens is 631 g/mol. The molecule has 2 heteroatoms. The summed E-state index contributed by atoms with van der Waals surface area (Å²) in [6.45, 7) is 0. The van der Waals surface area contributed by atoms with Crippen LogP contribution in [0.25, 0.3) is 76.9 Å². The molecule has 0 aliphatic carbocycles. The maximum atomic E-state index is 6.35. The van der Waals surface area contributed by atoms with E-state index < -0.39 is 0 Å². The predicted octanol–water partition coefficient (Wildman–Crippen LogP) is 14.4. The van der Waals surface area contributed by atoms with Gasteiger partial charge in [0.25, 0.3) is 0 Å². The number of fused-ring (bicyclic) bond motifs is 5. The molecular formula is C50H33NO. The lowest BCUT2D eigenvalue weighted by molar-refractivity contribution is 0.669. The van der Waals surface area contributed by atoms with Crippen LogP contribution in [0.3, 0.4) is 0 Å². The van der Waals surface area contributed by atoms with Gasteiger partial charge < -0.3 is 9.32 Å². The molecule has 0 fully saturated rings. The molecule has 52 heavy (non-hydrogen) atoms. The molecule has 0 spiro atoms. The van der Waals surface area contributed by atoms with Crippen LogP contribution in [-0.2, 0) is 0 Å². The van der Waals surface area contributed by atoms with E-state index in [-0.39, 0.29) is 0 Å². The normalized spacial score (nSPS) is 11.5. The zero-order chi connectivity index (χ0) is 34.4. The summed E-state index contributed by atoms with van der Waals surface area (Å²) in [6.07, 6.45) is 0. The predicted molar refractivity (Wildman–Crippen MR) is 220 cm³/mol. The maximum Gasteiger partial charge on any atom is 0.136 e. The minimum Gasteiger partial charge on any atom is -0.456 e. The highest BCUT2D eigenvalue weighted by Gasteiger charge is 2.19. The molecule has 10 rings (SSSR count). The van der Waals surface area contributed by atoms with E-state index in [0.29, 0.717) is 0 Å². The van der Waals surface area contributed by atoms with E-state index in [1.807, 2.05) is 12.1 Å². The molecule has 0 atom stereocenters. The third-order valence-electron chi connectivity index (χ3n) is 10.2. The molecule has 0 amide bonds. The molecule has 0 bridgehead atoms. The Hall–Kier alpha value is -6.90. The summed E-state index contributed by atoms with van der Waals surface area (Å²) < 4.78 is 6.35. The number of hydrogen-bond donors (Lipinski definition) is 0. The third-order valence-corrected chi connectivity index (χ3v) is 10.2. The van der Waals surface area contributed by atoms with Crippen LogP contribution < -0.4 is 4.90 Å². The Kier molecular flexibility index (Phi) is 7.18. The second-order valence-electron chi connectivity index (χ2n) is 13.3. The number of anilines is 3. The van der Waals surface area contributed by atoms with E-state index in [4.69, 9.17) is 4.42 Å². The topological polar surface area (TPSA) is 16.4 Å². The molecule has 1 heterocycles. The average Bonchev–Trinajstić information content (AvgIpc) is 3.59. The first-order valence-corrected chi connectivity index (χ1v) is 17.8. The highest BCUT2D eigenvalue weighted by atomic mass is 16.3. The van der Waals surface area contributed by atoms with E-state index in [1.54, 1.807) is 0 Å². The van der Waals surface area contributed by atoms with Gasteiger partial charge in [-0.2, -0.15) is 0 Å². The number of rotatable bonds is 6. The Balaban J connectivity index is 1.13. The molecule has 9 aromatic carbocycles. The smallest absolute Gasteiger partial charge is 0.136 e. The zero-order valence-electron chi connectivity index (χ0n) is 28.4. The standard InChI is InChI=1S/C50H33NO/c1-2-13-37-31-39(24-23-34(37)11-1)38-15-9-16-42(32-38)51(41-28-25-36(26-29-41)44-20-10-14-35-12-3-4-17-43(35)44)48-21-7-5-18-45(48)40-27-30-47-46-19-6-8-22-49(46)52-50(47)33-40/h1-33H. The van der Waals surface area contributed by atoms with Crippen molar-refractivity contribution in [3.05, 3.63) is 200 Å². The zero-order valence-corrected chi connectivity index (χ0v) is 28.4. The van der Waals surface area contributed by atoms with Crippen molar-refractivity contribution in [2.24, 2.45) is 0 Å². The van der Waals surface area contributed by atoms with Crippen molar-refractivity contribution in [3.8, 4) is 33.4 Å². The lowest BCUT2D eigenvalue weighted by atomic mass is 9.97. The summed E-state index contributed by atoms with van der Waals surface area (Å²) in [7, 11) is 0. The fourth-order valence-corrected chi connectivity index (χ4v) is 7.69. The summed E-state index contributed by atoms with van der Waals surface area (Å²) in [5.74, 6) is 0. The van der Waals surface area contributed by atoms with Gasteiger partial charge in [-0.15, -0.1) is 0 Å². The number of furan rings is 1. The SMILES string of the molecule is c1cc(-c2ccc3ccccc3c2)cc(N(c2ccc(-c3cccc4ccccc34)cc2)c2ccccc2-c2ccc3c(c2)oc2ccccc23)c1. The van der Waals surface area contributed by atoms with Gasteiger partial charge in [-0.05, 0) is 104 Å². The minimum absolute atomic E-state index is 0.887. The molecule has 2 nitrogen and oxygen atoms in total. The van der Waals surface area contributed by atoms with Gasteiger partial charge in [-0.25, -0.2) is 0 Å². The van der Waals surface area contributed by atoms with Crippen LogP contribution in [-0.4, -0.2) is 0 Å². The van der Waals surface area contributed by atoms with Gasteiger partial charge in [0.15, 0.2) is 0 Å². The number of benzene rings is 9. The Morgan fingerprint density at radius 1 is 0.308 bits per heavy atom. The Bertz CT molecular complexity index is 2910. The van der Waals surface area contributed by atoms with Crippen LogP contribution in [0.4, 0.5) is 17.1 Å². The van der Waals surface area contributed by atoms with Gasteiger partial charge in [0.2, 0.25) is 0 Å². The van der Waals surface area contributed by atoms with Gasteiger partial charge in [-0.1, -0.05) is 146 Å². The van der Waals surface area contributed by atoms with Crippen LogP contribution in [0.1, 0.15) is 0 Å². The molecule has 1 aromatic heterocycles. The van der Waals surface area contributed by atoms with Gasteiger partial charge in [0, 0.05) is 27.7 Å². The fraction of sp³-hybridized carbons (Fsp3) is 0. The van der Waals surface area contributed by atoms with Gasteiger partial charge in [0.1, 0.15) is 11.2 Å². The third kappa shape index (κ3) is 5.21. The van der Waals surface area contributed by atoms with Crippen molar-refractivity contribution >= 4 is 60.5 Å².